The number of rotatable bonds is 7. The molecule has 24 heavy (non-hydrogen) atoms. The zero-order valence-corrected chi connectivity index (χ0v) is 16.3. The van der Waals surface area contributed by atoms with Crippen LogP contribution < -0.4 is 0 Å². The van der Waals surface area contributed by atoms with Crippen molar-refractivity contribution in [3.8, 4) is 0 Å². The van der Waals surface area contributed by atoms with E-state index in [1.807, 2.05) is 26.0 Å². The smallest absolute Gasteiger partial charge is 0.321 e. The van der Waals surface area contributed by atoms with Crippen LogP contribution in [0.25, 0.3) is 0 Å². The summed E-state index contributed by atoms with van der Waals surface area (Å²) >= 11 is 0. The topological polar surface area (TPSA) is 63.7 Å². The zero-order valence-electron chi connectivity index (χ0n) is 15.5. The Balaban J connectivity index is 3.12. The average Bonchev–Trinajstić information content (AvgIpc) is 2.45. The second kappa shape index (κ2) is 8.12. The van der Waals surface area contributed by atoms with E-state index in [1.54, 1.807) is 19.1 Å². The fraction of sp³-hybridized carbons (Fsp3) is 0.611. The summed E-state index contributed by atoms with van der Waals surface area (Å²) in [4.78, 5) is 12.0. The quantitative estimate of drug-likeness (QED) is 0.705. The Morgan fingerprint density at radius 3 is 2.12 bits per heavy atom. The molecule has 0 N–H and O–H groups in total. The molecule has 0 atom stereocenters. The molecule has 6 heteroatoms. The molecule has 0 aliphatic carbocycles. The molecule has 0 radical (unpaired) electrons. The van der Waals surface area contributed by atoms with Crippen LogP contribution in [0.1, 0.15) is 47.1 Å². The van der Waals surface area contributed by atoms with Crippen molar-refractivity contribution in [1.82, 2.24) is 4.31 Å². The summed E-state index contributed by atoms with van der Waals surface area (Å²) in [7, 11) is -3.74. The van der Waals surface area contributed by atoms with Gasteiger partial charge in [0.15, 0.2) is 0 Å². The van der Waals surface area contributed by atoms with Gasteiger partial charge >= 0.3 is 5.97 Å². The average molecular weight is 356 g/mol. The molecule has 0 saturated carbocycles. The van der Waals surface area contributed by atoms with Crippen LogP contribution >= 0.6 is 0 Å². The fourth-order valence-electron chi connectivity index (χ4n) is 2.28. The first kappa shape index (κ1) is 20.6. The van der Waals surface area contributed by atoms with Gasteiger partial charge < -0.3 is 4.74 Å². The Morgan fingerprint density at radius 2 is 1.71 bits per heavy atom. The summed E-state index contributed by atoms with van der Waals surface area (Å²) in [6, 6.07) is 6.86. The van der Waals surface area contributed by atoms with Gasteiger partial charge in [-0.05, 0) is 36.0 Å². The van der Waals surface area contributed by atoms with Crippen molar-refractivity contribution in [2.75, 3.05) is 19.7 Å². The molecule has 136 valence electrons. The number of sulfonamides is 1. The minimum Gasteiger partial charge on any atom is -0.465 e. The first-order valence-corrected chi connectivity index (χ1v) is 9.68. The number of nitrogens with zero attached hydrogens (tertiary/aromatic N) is 1. The normalized spacial score (nSPS) is 12.7. The number of benzene rings is 1. The first-order chi connectivity index (χ1) is 11.0. The molecule has 5 nitrogen and oxygen atoms in total. The van der Waals surface area contributed by atoms with E-state index in [0.29, 0.717) is 0 Å². The summed E-state index contributed by atoms with van der Waals surface area (Å²) < 4.78 is 31.9. The van der Waals surface area contributed by atoms with E-state index < -0.39 is 16.0 Å². The molecule has 0 amide bonds. The minimum atomic E-state index is -3.74. The van der Waals surface area contributed by atoms with Crippen molar-refractivity contribution in [3.63, 3.8) is 0 Å². The van der Waals surface area contributed by atoms with Crippen LogP contribution in [0.4, 0.5) is 0 Å². The van der Waals surface area contributed by atoms with Crippen molar-refractivity contribution >= 4 is 16.0 Å². The number of ether oxygens (including phenoxy) is 1. The van der Waals surface area contributed by atoms with Gasteiger partial charge in [-0.3, -0.25) is 4.79 Å². The van der Waals surface area contributed by atoms with Crippen LogP contribution in [0.15, 0.2) is 29.2 Å². The summed E-state index contributed by atoms with van der Waals surface area (Å²) in [6.07, 6.45) is 0. The van der Waals surface area contributed by atoms with Gasteiger partial charge in [0, 0.05) is 6.54 Å². The van der Waals surface area contributed by atoms with E-state index in [9.17, 15) is 13.2 Å². The SMILES string of the molecule is CCOC(=O)CN(CC(C)C)S(=O)(=O)c1ccc(C(C)(C)C)cc1. The van der Waals surface area contributed by atoms with Crippen LogP contribution in [0.2, 0.25) is 0 Å². The predicted molar refractivity (Wildman–Crippen MR) is 95.4 cm³/mol. The Labute approximate surface area is 146 Å². The number of carbonyl (C=O) groups is 1. The number of hydrogen-bond donors (Lipinski definition) is 0. The van der Waals surface area contributed by atoms with Gasteiger partial charge in [0.2, 0.25) is 10.0 Å². The van der Waals surface area contributed by atoms with Crippen LogP contribution in [-0.4, -0.2) is 38.4 Å². The molecular formula is C18H29NO4S. The highest BCUT2D eigenvalue weighted by atomic mass is 32.2. The lowest BCUT2D eigenvalue weighted by Gasteiger charge is -2.24. The third kappa shape index (κ3) is 5.60. The molecule has 0 aliphatic rings. The van der Waals surface area contributed by atoms with E-state index in [1.165, 1.54) is 4.31 Å². The summed E-state index contributed by atoms with van der Waals surface area (Å²) in [5, 5.41) is 0. The molecule has 1 aromatic carbocycles. The van der Waals surface area contributed by atoms with E-state index in [0.717, 1.165) is 5.56 Å². The molecule has 0 aromatic heterocycles. The minimum absolute atomic E-state index is 0.0508. The van der Waals surface area contributed by atoms with Gasteiger partial charge in [0.25, 0.3) is 0 Å². The van der Waals surface area contributed by atoms with Crippen molar-refractivity contribution in [1.29, 1.82) is 0 Å². The van der Waals surface area contributed by atoms with E-state index in [4.69, 9.17) is 4.74 Å². The van der Waals surface area contributed by atoms with E-state index >= 15 is 0 Å². The fourth-order valence-corrected chi connectivity index (χ4v) is 3.83. The number of esters is 1. The number of carbonyl (C=O) groups excluding carboxylic acids is 1. The Morgan fingerprint density at radius 1 is 1.17 bits per heavy atom. The van der Waals surface area contributed by atoms with Crippen LogP contribution in [0.3, 0.4) is 0 Å². The molecular weight excluding hydrogens is 326 g/mol. The molecule has 1 aromatic rings. The molecule has 0 saturated heterocycles. The number of hydrogen-bond acceptors (Lipinski definition) is 4. The molecule has 0 unspecified atom stereocenters. The summed E-state index contributed by atoms with van der Waals surface area (Å²) in [6.45, 7) is 12.0. The maximum atomic E-state index is 12.9. The van der Waals surface area contributed by atoms with Crippen LogP contribution in [0.5, 0.6) is 0 Å². The zero-order chi connectivity index (χ0) is 18.5. The van der Waals surface area contributed by atoms with Gasteiger partial charge in [0.1, 0.15) is 6.54 Å². The van der Waals surface area contributed by atoms with Gasteiger partial charge in [-0.15, -0.1) is 0 Å². The molecule has 0 spiro atoms. The van der Waals surface area contributed by atoms with Gasteiger partial charge in [-0.25, -0.2) is 8.42 Å². The lowest BCUT2D eigenvalue weighted by Crippen LogP contribution is -2.38. The second-order valence-corrected chi connectivity index (χ2v) is 9.21. The standard InChI is InChI=1S/C18H29NO4S/c1-7-23-17(20)13-19(12-14(2)3)24(21,22)16-10-8-15(9-11-16)18(4,5)6/h8-11,14H,7,12-13H2,1-6H3. The first-order valence-electron chi connectivity index (χ1n) is 8.24. The van der Waals surface area contributed by atoms with Crippen LogP contribution in [0, 0.1) is 5.92 Å². The largest absolute Gasteiger partial charge is 0.465 e. The summed E-state index contributed by atoms with van der Waals surface area (Å²) in [5.41, 5.74) is 1.01. The van der Waals surface area contributed by atoms with Crippen molar-refractivity contribution in [2.24, 2.45) is 5.92 Å². The van der Waals surface area contributed by atoms with Crippen molar-refractivity contribution in [3.05, 3.63) is 29.8 Å². The second-order valence-electron chi connectivity index (χ2n) is 7.27. The van der Waals surface area contributed by atoms with Gasteiger partial charge in [-0.1, -0.05) is 46.8 Å². The monoisotopic (exact) mass is 355 g/mol. The third-order valence-corrected chi connectivity index (χ3v) is 5.36. The van der Waals surface area contributed by atoms with Gasteiger partial charge in [0.05, 0.1) is 11.5 Å². The lowest BCUT2D eigenvalue weighted by atomic mass is 9.87. The molecule has 0 bridgehead atoms. The third-order valence-electron chi connectivity index (χ3n) is 3.54. The molecule has 0 fully saturated rings. The predicted octanol–water partition coefficient (Wildman–Crippen LogP) is 3.19. The maximum absolute atomic E-state index is 12.9. The van der Waals surface area contributed by atoms with E-state index in [2.05, 4.69) is 20.8 Å². The summed E-state index contributed by atoms with van der Waals surface area (Å²) in [5.74, 6) is -0.434. The molecule has 0 aliphatic heterocycles. The van der Waals surface area contributed by atoms with E-state index in [-0.39, 0.29) is 35.9 Å². The highest BCUT2D eigenvalue weighted by Crippen LogP contribution is 2.25. The van der Waals surface area contributed by atoms with Crippen molar-refractivity contribution < 1.29 is 17.9 Å². The lowest BCUT2D eigenvalue weighted by molar-refractivity contribution is -0.143. The maximum Gasteiger partial charge on any atom is 0.321 e. The van der Waals surface area contributed by atoms with Crippen molar-refractivity contribution in [2.45, 2.75) is 51.9 Å². The van der Waals surface area contributed by atoms with Crippen LogP contribution in [-0.2, 0) is 25.0 Å². The van der Waals surface area contributed by atoms with Gasteiger partial charge in [-0.2, -0.15) is 4.31 Å². The Bertz CT molecular complexity index is 643. The highest BCUT2D eigenvalue weighted by molar-refractivity contribution is 7.89. The Hall–Kier alpha value is -1.40. The molecule has 0 heterocycles. The Kier molecular flexibility index (Phi) is 6.98. The molecule has 1 rings (SSSR count). The highest BCUT2D eigenvalue weighted by Gasteiger charge is 2.28.